The summed E-state index contributed by atoms with van der Waals surface area (Å²) in [5.41, 5.74) is 15.0. The Kier molecular flexibility index (Phi) is 9.49. The van der Waals surface area contributed by atoms with Crippen LogP contribution in [0.4, 0.5) is 11.6 Å². The zero-order valence-electron chi connectivity index (χ0n) is 38.0. The summed E-state index contributed by atoms with van der Waals surface area (Å²) < 4.78 is 2.64. The van der Waals surface area contributed by atoms with Gasteiger partial charge in [0.2, 0.25) is 5.95 Å². The lowest BCUT2D eigenvalue weighted by Crippen LogP contribution is -2.18. The molecule has 0 saturated heterocycles. The van der Waals surface area contributed by atoms with Crippen molar-refractivity contribution in [3.05, 3.63) is 248 Å². The molecule has 1 atom stereocenters. The van der Waals surface area contributed by atoms with Gasteiger partial charge in [-0.1, -0.05) is 194 Å². The monoisotopic (exact) mass is 910 g/mol. The van der Waals surface area contributed by atoms with Crippen molar-refractivity contribution >= 4 is 64.7 Å². The van der Waals surface area contributed by atoms with Crippen LogP contribution in [-0.2, 0) is 0 Å². The molecule has 2 aromatic heterocycles. The molecule has 0 spiro atoms. The van der Waals surface area contributed by atoms with E-state index in [2.05, 4.69) is 242 Å². The average Bonchev–Trinajstić information content (AvgIpc) is 3.99. The van der Waals surface area contributed by atoms with Gasteiger partial charge in [0, 0.05) is 48.5 Å². The van der Waals surface area contributed by atoms with E-state index in [1.54, 1.807) is 0 Å². The summed E-state index contributed by atoms with van der Waals surface area (Å²) in [4.78, 5) is 18.7. The molecular weight excluding hydrogens is 869 g/mol. The highest BCUT2D eigenvalue weighted by Gasteiger charge is 2.39. The van der Waals surface area contributed by atoms with Gasteiger partial charge in [0.05, 0.1) is 5.69 Å². The second kappa shape index (κ2) is 16.5. The van der Waals surface area contributed by atoms with Crippen LogP contribution in [0.25, 0.3) is 109 Å². The summed E-state index contributed by atoms with van der Waals surface area (Å²) in [5, 5.41) is 7.06. The van der Waals surface area contributed by atoms with Crippen molar-refractivity contribution in [1.29, 1.82) is 0 Å². The van der Waals surface area contributed by atoms with Gasteiger partial charge < -0.3 is 0 Å². The highest BCUT2D eigenvalue weighted by molar-refractivity contribution is 7.26. The Bertz CT molecular complexity index is 4050. The minimum Gasteiger partial charge on any atom is -0.282 e. The van der Waals surface area contributed by atoms with Gasteiger partial charge in [0.25, 0.3) is 0 Å². The Hall–Kier alpha value is -8.77. The Morgan fingerprint density at radius 3 is 1.71 bits per heavy atom. The molecule has 0 amide bonds. The number of aromatic nitrogens is 3. The van der Waals surface area contributed by atoms with Crippen molar-refractivity contribution in [3.8, 4) is 67.3 Å². The maximum Gasteiger partial charge on any atom is 0.238 e. The zero-order valence-corrected chi connectivity index (χ0v) is 38.8. The van der Waals surface area contributed by atoms with E-state index < -0.39 is 0 Å². The smallest absolute Gasteiger partial charge is 0.238 e. The molecule has 0 bridgehead atoms. The molecule has 0 N–H and O–H groups in total. The highest BCUT2D eigenvalue weighted by atomic mass is 32.1. The fourth-order valence-electron chi connectivity index (χ4n) is 10.9. The predicted molar refractivity (Wildman–Crippen MR) is 294 cm³/mol. The number of hydrogen-bond donors (Lipinski definition) is 0. The van der Waals surface area contributed by atoms with E-state index in [1.165, 1.54) is 59.3 Å². The summed E-state index contributed by atoms with van der Waals surface area (Å²) in [6.45, 7) is 0. The molecular formula is C65H42N4S. The van der Waals surface area contributed by atoms with Crippen molar-refractivity contribution in [2.75, 3.05) is 4.90 Å². The molecule has 3 heterocycles. The minimum absolute atomic E-state index is 0.180. The van der Waals surface area contributed by atoms with Crippen LogP contribution in [0.1, 0.15) is 17.9 Å². The zero-order chi connectivity index (χ0) is 46.1. The maximum atomic E-state index is 5.52. The van der Waals surface area contributed by atoms with Crippen LogP contribution >= 0.6 is 11.3 Å². The molecule has 1 unspecified atom stereocenters. The van der Waals surface area contributed by atoms with Crippen molar-refractivity contribution in [2.45, 2.75) is 12.3 Å². The third kappa shape index (κ3) is 6.69. The summed E-state index contributed by atoms with van der Waals surface area (Å²) in [7, 11) is 0. The number of allylic oxidation sites excluding steroid dienone is 4. The molecule has 0 radical (unpaired) electrons. The first-order valence-electron chi connectivity index (χ1n) is 23.9. The fraction of sp³-hybridized carbons (Fsp3) is 0.0308. The van der Waals surface area contributed by atoms with Crippen LogP contribution in [-0.4, -0.2) is 15.0 Å². The molecule has 10 aromatic carbocycles. The number of benzene rings is 10. The molecule has 0 saturated carbocycles. The van der Waals surface area contributed by atoms with Crippen LogP contribution < -0.4 is 4.90 Å². The number of fused-ring (bicyclic) bond motifs is 9. The fourth-order valence-corrected chi connectivity index (χ4v) is 12.2. The summed E-state index contributed by atoms with van der Waals surface area (Å²) in [6.07, 6.45) is 7.65. The van der Waals surface area contributed by atoms with E-state index >= 15 is 0 Å². The second-order valence-corrected chi connectivity index (χ2v) is 19.3. The van der Waals surface area contributed by atoms with E-state index in [0.29, 0.717) is 17.6 Å². The maximum absolute atomic E-state index is 5.52. The molecule has 1 aliphatic heterocycles. The summed E-state index contributed by atoms with van der Waals surface area (Å²) in [6, 6.07) is 78.7. The molecule has 70 heavy (non-hydrogen) atoms. The highest BCUT2D eigenvalue weighted by Crippen LogP contribution is 2.55. The first-order chi connectivity index (χ1) is 34.7. The van der Waals surface area contributed by atoms with Gasteiger partial charge in [-0.15, -0.1) is 11.3 Å². The lowest BCUT2D eigenvalue weighted by Gasteiger charge is -2.23. The van der Waals surface area contributed by atoms with Gasteiger partial charge in [0.1, 0.15) is 0 Å². The van der Waals surface area contributed by atoms with Gasteiger partial charge >= 0.3 is 0 Å². The Morgan fingerprint density at radius 1 is 0.414 bits per heavy atom. The topological polar surface area (TPSA) is 41.9 Å². The van der Waals surface area contributed by atoms with E-state index in [9.17, 15) is 0 Å². The number of rotatable bonds is 7. The van der Waals surface area contributed by atoms with E-state index in [0.717, 1.165) is 61.5 Å². The summed E-state index contributed by atoms with van der Waals surface area (Å²) in [5.74, 6) is 2.08. The quantitative estimate of drug-likeness (QED) is 0.160. The minimum atomic E-state index is 0.180. The molecule has 5 heteroatoms. The number of anilines is 2. The number of nitrogens with zero attached hydrogens (tertiary/aromatic N) is 4. The Morgan fingerprint density at radius 2 is 0.957 bits per heavy atom. The molecule has 12 aromatic rings. The lowest BCUT2D eigenvalue weighted by molar-refractivity contribution is 0.817. The Balaban J connectivity index is 0.938. The van der Waals surface area contributed by atoms with Crippen molar-refractivity contribution in [2.24, 2.45) is 0 Å². The SMILES string of the molecule is C1=CCC2C(=C1)N(c1nc(-c3cccc4ccccc34)nc(-c3cccc4c(-c5cccc(-c6cc(-c7ccccc7)cc(-c7ccccc7)c6)c5)cccc34)n1)c1ccc3c(sc4ccccc43)c12. The lowest BCUT2D eigenvalue weighted by atomic mass is 9.91. The number of hydrogen-bond acceptors (Lipinski definition) is 5. The average molecular weight is 911 g/mol. The first-order valence-corrected chi connectivity index (χ1v) is 24.8. The molecule has 14 rings (SSSR count). The van der Waals surface area contributed by atoms with Gasteiger partial charge in [-0.2, -0.15) is 9.97 Å². The van der Waals surface area contributed by atoms with Gasteiger partial charge in [-0.25, -0.2) is 4.98 Å². The van der Waals surface area contributed by atoms with Crippen LogP contribution in [0.15, 0.2) is 242 Å². The standard InChI is InChI=1S/C65H42N4S/c1-3-17-41(18-4-1)46-38-47(42-19-5-2-6-20-42)40-48(39-46)44-23-13-24-45(37-44)50-28-15-30-52-51(50)29-16-32-56(52)64-66-63(55-31-14-22-43-21-7-8-25-49(43)55)67-65(68-64)69-58-33-11-9-27-57(58)61-59(69)36-35-54-53-26-10-12-34-60(53)70-62(54)61/h1-26,28-40,57H,27H2. The van der Waals surface area contributed by atoms with Crippen LogP contribution in [0, 0.1) is 0 Å². The van der Waals surface area contributed by atoms with Crippen molar-refractivity contribution in [1.82, 2.24) is 15.0 Å². The third-order valence-electron chi connectivity index (χ3n) is 14.2. The second-order valence-electron chi connectivity index (χ2n) is 18.2. The molecule has 2 aliphatic rings. The van der Waals surface area contributed by atoms with Crippen LogP contribution in [0.2, 0.25) is 0 Å². The Labute approximate surface area is 409 Å². The molecule has 4 nitrogen and oxygen atoms in total. The van der Waals surface area contributed by atoms with E-state index in [1.807, 2.05) is 11.3 Å². The summed E-state index contributed by atoms with van der Waals surface area (Å²) >= 11 is 1.89. The molecule has 1 aliphatic carbocycles. The van der Waals surface area contributed by atoms with Crippen LogP contribution in [0.5, 0.6) is 0 Å². The van der Waals surface area contributed by atoms with Gasteiger partial charge in [-0.05, 0) is 115 Å². The largest absolute Gasteiger partial charge is 0.282 e. The van der Waals surface area contributed by atoms with Gasteiger partial charge in [0.15, 0.2) is 11.6 Å². The molecule has 328 valence electrons. The van der Waals surface area contributed by atoms with Crippen molar-refractivity contribution < 1.29 is 0 Å². The van der Waals surface area contributed by atoms with Crippen molar-refractivity contribution in [3.63, 3.8) is 0 Å². The van der Waals surface area contributed by atoms with E-state index in [4.69, 9.17) is 15.0 Å². The molecule has 0 fully saturated rings. The first kappa shape index (κ1) is 40.3. The van der Waals surface area contributed by atoms with E-state index in [-0.39, 0.29) is 5.92 Å². The van der Waals surface area contributed by atoms with Gasteiger partial charge in [-0.3, -0.25) is 4.90 Å². The predicted octanol–water partition coefficient (Wildman–Crippen LogP) is 17.6. The third-order valence-corrected chi connectivity index (χ3v) is 15.4. The van der Waals surface area contributed by atoms with Crippen LogP contribution in [0.3, 0.4) is 0 Å². The number of thiophene rings is 1. The normalized spacial score (nSPS) is 14.1.